The quantitative estimate of drug-likeness (QED) is 0.135. The number of ether oxygens (including phenoxy) is 1. The molecular formula is C45H47N5O4. The van der Waals surface area contributed by atoms with Crippen LogP contribution in [0, 0.1) is 0 Å². The molecule has 2 aliphatic rings. The first-order valence-corrected chi connectivity index (χ1v) is 18.9. The van der Waals surface area contributed by atoms with E-state index < -0.39 is 6.09 Å². The lowest BCUT2D eigenvalue weighted by Crippen LogP contribution is -2.43. The summed E-state index contributed by atoms with van der Waals surface area (Å²) in [6.07, 6.45) is 2.97. The van der Waals surface area contributed by atoms with Gasteiger partial charge in [0.15, 0.2) is 0 Å². The predicted octanol–water partition coefficient (Wildman–Crippen LogP) is 8.22. The standard InChI is InChI=1S/C45H47N5O4/c51-43(33-49-27-11-12-28-49)47-37-19-13-18-36(32-37)44(52)46-26-31-48-29-24-38(25-30-48)54-45(53)50(41-22-9-7-20-39(41)34-14-3-1-4-15-34)42-23-10-8-21-40(42)35-16-5-2-6-17-35/h1-10,13-23,32,38H,11-12,24-31,33H2,(H,46,52)(H,47,51). The van der Waals surface area contributed by atoms with Crippen molar-refractivity contribution in [2.75, 3.05) is 56.0 Å². The number of nitrogens with one attached hydrogen (secondary N) is 2. The van der Waals surface area contributed by atoms with E-state index in [2.05, 4.69) is 44.7 Å². The van der Waals surface area contributed by atoms with E-state index in [0.717, 1.165) is 72.6 Å². The van der Waals surface area contributed by atoms with Crippen LogP contribution in [0.15, 0.2) is 133 Å². The number of hydrogen-bond acceptors (Lipinski definition) is 6. The van der Waals surface area contributed by atoms with Gasteiger partial charge >= 0.3 is 6.09 Å². The number of anilines is 3. The summed E-state index contributed by atoms with van der Waals surface area (Å²) in [7, 11) is 0. The molecule has 54 heavy (non-hydrogen) atoms. The maximum atomic E-state index is 14.4. The van der Waals surface area contributed by atoms with E-state index in [0.29, 0.717) is 43.7 Å². The molecule has 9 nitrogen and oxygen atoms in total. The van der Waals surface area contributed by atoms with Crippen LogP contribution in [0.25, 0.3) is 22.3 Å². The smallest absolute Gasteiger partial charge is 0.419 e. The summed E-state index contributed by atoms with van der Waals surface area (Å²) in [4.78, 5) is 46.1. The summed E-state index contributed by atoms with van der Waals surface area (Å²) in [5, 5.41) is 5.95. The maximum Gasteiger partial charge on any atom is 0.419 e. The van der Waals surface area contributed by atoms with Crippen LogP contribution in [0.1, 0.15) is 36.0 Å². The van der Waals surface area contributed by atoms with Crippen molar-refractivity contribution in [3.05, 3.63) is 139 Å². The minimum absolute atomic E-state index is 0.0646. The second-order valence-corrected chi connectivity index (χ2v) is 13.9. The fraction of sp³-hybridized carbons (Fsp3) is 0.267. The minimum atomic E-state index is -0.415. The normalized spacial score (nSPS) is 15.0. The van der Waals surface area contributed by atoms with Gasteiger partial charge in [0.25, 0.3) is 5.91 Å². The van der Waals surface area contributed by atoms with Crippen molar-refractivity contribution in [3.8, 4) is 22.3 Å². The van der Waals surface area contributed by atoms with Crippen molar-refractivity contribution in [1.82, 2.24) is 15.1 Å². The summed E-state index contributed by atoms with van der Waals surface area (Å²) in [5.74, 6) is -0.244. The average molecular weight is 722 g/mol. The molecule has 0 aromatic heterocycles. The van der Waals surface area contributed by atoms with Crippen LogP contribution < -0.4 is 15.5 Å². The average Bonchev–Trinajstić information content (AvgIpc) is 3.73. The second kappa shape index (κ2) is 17.8. The molecule has 0 atom stereocenters. The van der Waals surface area contributed by atoms with Gasteiger partial charge < -0.3 is 20.3 Å². The highest BCUT2D eigenvalue weighted by atomic mass is 16.6. The van der Waals surface area contributed by atoms with Gasteiger partial charge in [-0.3, -0.25) is 14.5 Å². The Morgan fingerprint density at radius 1 is 0.648 bits per heavy atom. The Bertz CT molecular complexity index is 1940. The molecule has 2 N–H and O–H groups in total. The van der Waals surface area contributed by atoms with E-state index in [9.17, 15) is 14.4 Å². The molecule has 0 aliphatic carbocycles. The van der Waals surface area contributed by atoms with Crippen molar-refractivity contribution in [3.63, 3.8) is 0 Å². The topological polar surface area (TPSA) is 94.2 Å². The fourth-order valence-electron chi connectivity index (χ4n) is 7.35. The number of carbonyl (C=O) groups is 3. The second-order valence-electron chi connectivity index (χ2n) is 13.9. The Morgan fingerprint density at radius 2 is 1.22 bits per heavy atom. The molecule has 2 heterocycles. The van der Waals surface area contributed by atoms with Crippen molar-refractivity contribution in [2.24, 2.45) is 0 Å². The zero-order valence-corrected chi connectivity index (χ0v) is 30.5. The summed E-state index contributed by atoms with van der Waals surface area (Å²) in [5.41, 5.74) is 6.51. The van der Waals surface area contributed by atoms with Crippen LogP contribution in [-0.2, 0) is 9.53 Å². The molecule has 276 valence electrons. The number of para-hydroxylation sites is 2. The molecule has 3 amide bonds. The summed E-state index contributed by atoms with van der Waals surface area (Å²) in [6, 6.07) is 43.2. The Labute approximate surface area is 317 Å². The number of likely N-dealkylation sites (tertiary alicyclic amines) is 2. The van der Waals surface area contributed by atoms with Crippen LogP contribution in [0.4, 0.5) is 21.9 Å². The maximum absolute atomic E-state index is 14.4. The van der Waals surface area contributed by atoms with Gasteiger partial charge in [0, 0.05) is 48.6 Å². The molecular weight excluding hydrogens is 675 g/mol. The van der Waals surface area contributed by atoms with Gasteiger partial charge in [0.1, 0.15) is 6.10 Å². The van der Waals surface area contributed by atoms with Gasteiger partial charge in [0.05, 0.1) is 17.9 Å². The summed E-state index contributed by atoms with van der Waals surface area (Å²) >= 11 is 0. The van der Waals surface area contributed by atoms with Crippen molar-refractivity contribution >= 4 is 35.0 Å². The SMILES string of the molecule is O=C(CN1CCCC1)Nc1cccc(C(=O)NCCN2CCC(OC(=O)N(c3ccccc3-c3ccccc3)c3ccccc3-c3ccccc3)CC2)c1. The lowest BCUT2D eigenvalue weighted by Gasteiger charge is -2.33. The third-order valence-electron chi connectivity index (χ3n) is 10.1. The number of rotatable bonds is 12. The largest absolute Gasteiger partial charge is 0.445 e. The van der Waals surface area contributed by atoms with Crippen LogP contribution in [-0.4, -0.2) is 79.6 Å². The Kier molecular flexibility index (Phi) is 12.1. The number of piperidine rings is 1. The van der Waals surface area contributed by atoms with Gasteiger partial charge in [-0.05, 0) is 80.2 Å². The van der Waals surface area contributed by atoms with Crippen LogP contribution >= 0.6 is 0 Å². The molecule has 0 spiro atoms. The van der Waals surface area contributed by atoms with E-state index in [1.165, 1.54) is 0 Å². The van der Waals surface area contributed by atoms with Gasteiger partial charge in [-0.15, -0.1) is 0 Å². The Balaban J connectivity index is 0.972. The molecule has 0 bridgehead atoms. The van der Waals surface area contributed by atoms with Gasteiger partial charge in [-0.25, -0.2) is 9.69 Å². The molecule has 7 rings (SSSR count). The monoisotopic (exact) mass is 721 g/mol. The first-order valence-electron chi connectivity index (χ1n) is 18.9. The van der Waals surface area contributed by atoms with Gasteiger partial charge in [-0.1, -0.05) is 103 Å². The fourth-order valence-corrected chi connectivity index (χ4v) is 7.35. The highest BCUT2D eigenvalue weighted by Crippen LogP contribution is 2.40. The summed E-state index contributed by atoms with van der Waals surface area (Å²) in [6.45, 7) is 4.92. The molecule has 2 aliphatic heterocycles. The zero-order valence-electron chi connectivity index (χ0n) is 30.5. The molecule has 0 saturated carbocycles. The van der Waals surface area contributed by atoms with E-state index in [1.807, 2.05) is 84.9 Å². The number of benzene rings is 5. The van der Waals surface area contributed by atoms with Crippen molar-refractivity contribution in [1.29, 1.82) is 0 Å². The van der Waals surface area contributed by atoms with E-state index in [4.69, 9.17) is 4.74 Å². The van der Waals surface area contributed by atoms with Gasteiger partial charge in [-0.2, -0.15) is 0 Å². The third-order valence-corrected chi connectivity index (χ3v) is 10.1. The van der Waals surface area contributed by atoms with E-state index in [1.54, 1.807) is 29.2 Å². The number of carbonyl (C=O) groups excluding carboxylic acids is 3. The molecule has 2 saturated heterocycles. The highest BCUT2D eigenvalue weighted by Gasteiger charge is 2.29. The molecule has 2 fully saturated rings. The van der Waals surface area contributed by atoms with E-state index in [-0.39, 0.29) is 17.9 Å². The van der Waals surface area contributed by atoms with Crippen LogP contribution in [0.3, 0.4) is 0 Å². The van der Waals surface area contributed by atoms with Crippen molar-refractivity contribution < 1.29 is 19.1 Å². The number of nitrogens with zero attached hydrogens (tertiary/aromatic N) is 3. The Hall–Kier alpha value is -5.77. The molecule has 5 aromatic carbocycles. The number of hydrogen-bond donors (Lipinski definition) is 2. The van der Waals surface area contributed by atoms with Crippen LogP contribution in [0.5, 0.6) is 0 Å². The minimum Gasteiger partial charge on any atom is -0.445 e. The molecule has 9 heteroatoms. The number of amides is 3. The lowest BCUT2D eigenvalue weighted by molar-refractivity contribution is -0.117. The third kappa shape index (κ3) is 9.23. The first kappa shape index (κ1) is 36.6. The van der Waals surface area contributed by atoms with E-state index >= 15 is 0 Å². The molecule has 0 unspecified atom stereocenters. The predicted molar refractivity (Wildman–Crippen MR) is 215 cm³/mol. The highest BCUT2D eigenvalue weighted by molar-refractivity contribution is 6.04. The molecule has 0 radical (unpaired) electrons. The zero-order chi connectivity index (χ0) is 37.1. The Morgan fingerprint density at radius 3 is 1.83 bits per heavy atom. The first-order chi connectivity index (χ1) is 26.5. The van der Waals surface area contributed by atoms with Crippen LogP contribution in [0.2, 0.25) is 0 Å². The molecule has 5 aromatic rings. The van der Waals surface area contributed by atoms with Gasteiger partial charge in [0.2, 0.25) is 5.91 Å². The lowest BCUT2D eigenvalue weighted by atomic mass is 10.00. The van der Waals surface area contributed by atoms with Crippen molar-refractivity contribution in [2.45, 2.75) is 31.8 Å². The summed E-state index contributed by atoms with van der Waals surface area (Å²) < 4.78 is 6.33.